The van der Waals surface area contributed by atoms with Crippen LogP contribution in [0, 0.1) is 0 Å². The Bertz CT molecular complexity index is 400. The Morgan fingerprint density at radius 2 is 2.22 bits per heavy atom. The Balaban J connectivity index is 2.68. The highest BCUT2D eigenvalue weighted by Gasteiger charge is 2.28. The Morgan fingerprint density at radius 1 is 1.56 bits per heavy atom. The number of pyridine rings is 1. The Labute approximate surface area is 107 Å². The molecule has 4 nitrogen and oxygen atoms in total. The van der Waals surface area contributed by atoms with Gasteiger partial charge in [0, 0.05) is 11.8 Å². The van der Waals surface area contributed by atoms with E-state index in [2.05, 4.69) is 15.0 Å². The molecule has 0 saturated heterocycles. The van der Waals surface area contributed by atoms with E-state index in [-0.39, 0.29) is 12.4 Å². The van der Waals surface area contributed by atoms with Gasteiger partial charge in [-0.1, -0.05) is 11.6 Å². The minimum Gasteiger partial charge on any atom is -0.383 e. The summed E-state index contributed by atoms with van der Waals surface area (Å²) in [6, 6.07) is 1.04. The molecule has 1 heterocycles. The van der Waals surface area contributed by atoms with Gasteiger partial charge in [-0.3, -0.25) is 0 Å². The first kappa shape index (κ1) is 15.0. The van der Waals surface area contributed by atoms with Gasteiger partial charge in [-0.2, -0.15) is 13.2 Å². The van der Waals surface area contributed by atoms with Crippen LogP contribution >= 0.6 is 11.6 Å². The number of nitrogens with two attached hydrogens (primary N) is 1. The zero-order valence-corrected chi connectivity index (χ0v) is 10.3. The van der Waals surface area contributed by atoms with Gasteiger partial charge < -0.3 is 15.8 Å². The fraction of sp³-hybridized carbons (Fsp3) is 0.500. The van der Waals surface area contributed by atoms with E-state index in [0.717, 1.165) is 0 Å². The molecule has 0 aliphatic carbocycles. The third-order valence-corrected chi connectivity index (χ3v) is 2.40. The monoisotopic (exact) mass is 283 g/mol. The second-order valence-electron chi connectivity index (χ2n) is 3.60. The zero-order chi connectivity index (χ0) is 13.8. The van der Waals surface area contributed by atoms with Crippen molar-refractivity contribution in [2.24, 2.45) is 0 Å². The van der Waals surface area contributed by atoms with Crippen molar-refractivity contribution in [3.63, 3.8) is 0 Å². The standard InChI is InChI=1S/C10H13ClF3N3O/c1-16-8(4-18-5-10(12,13)14)7-2-6(11)3-17-9(7)15/h2-3,8,16H,4-5H2,1H3,(H2,15,17). The number of halogens is 4. The van der Waals surface area contributed by atoms with Crippen LogP contribution in [0.5, 0.6) is 0 Å². The maximum absolute atomic E-state index is 12.0. The summed E-state index contributed by atoms with van der Waals surface area (Å²) in [7, 11) is 1.59. The van der Waals surface area contributed by atoms with Crippen molar-refractivity contribution in [3.05, 3.63) is 22.8 Å². The summed E-state index contributed by atoms with van der Waals surface area (Å²) >= 11 is 5.76. The summed E-state index contributed by atoms with van der Waals surface area (Å²) in [5.74, 6) is 0.203. The SMILES string of the molecule is CNC(COCC(F)(F)F)c1cc(Cl)cnc1N. The van der Waals surface area contributed by atoms with Gasteiger partial charge in [0.15, 0.2) is 0 Å². The number of alkyl halides is 3. The topological polar surface area (TPSA) is 60.2 Å². The van der Waals surface area contributed by atoms with Crippen LogP contribution in [-0.2, 0) is 4.74 Å². The summed E-state index contributed by atoms with van der Waals surface area (Å²) in [5.41, 5.74) is 6.14. The van der Waals surface area contributed by atoms with Crippen LogP contribution < -0.4 is 11.1 Å². The maximum atomic E-state index is 12.0. The van der Waals surface area contributed by atoms with Crippen molar-refractivity contribution >= 4 is 17.4 Å². The molecule has 1 atom stereocenters. The lowest BCUT2D eigenvalue weighted by atomic mass is 10.1. The van der Waals surface area contributed by atoms with Crippen molar-refractivity contribution in [2.75, 3.05) is 26.0 Å². The zero-order valence-electron chi connectivity index (χ0n) is 9.59. The van der Waals surface area contributed by atoms with Gasteiger partial charge in [-0.15, -0.1) is 0 Å². The number of anilines is 1. The molecule has 1 aromatic rings. The fourth-order valence-corrected chi connectivity index (χ4v) is 1.53. The molecule has 0 amide bonds. The number of nitrogens with one attached hydrogen (secondary N) is 1. The molecule has 8 heteroatoms. The van der Waals surface area contributed by atoms with Crippen molar-refractivity contribution in [3.8, 4) is 0 Å². The third kappa shape index (κ3) is 4.67. The van der Waals surface area contributed by atoms with E-state index in [1.54, 1.807) is 13.1 Å². The van der Waals surface area contributed by atoms with Crippen molar-refractivity contribution in [2.45, 2.75) is 12.2 Å². The first-order chi connectivity index (χ1) is 8.33. The number of hydrogen-bond donors (Lipinski definition) is 2. The van der Waals surface area contributed by atoms with Gasteiger partial charge in [-0.05, 0) is 13.1 Å². The average Bonchev–Trinajstić information content (AvgIpc) is 2.27. The second-order valence-corrected chi connectivity index (χ2v) is 4.04. The van der Waals surface area contributed by atoms with Crippen LogP contribution in [0.15, 0.2) is 12.3 Å². The van der Waals surface area contributed by atoms with Gasteiger partial charge >= 0.3 is 6.18 Å². The Kier molecular flexibility index (Phi) is 5.18. The molecule has 1 aromatic heterocycles. The van der Waals surface area contributed by atoms with Crippen LogP contribution in [-0.4, -0.2) is 31.4 Å². The molecular weight excluding hydrogens is 271 g/mol. The summed E-state index contributed by atoms with van der Waals surface area (Å²) in [6.07, 6.45) is -2.99. The summed E-state index contributed by atoms with van der Waals surface area (Å²) < 4.78 is 40.4. The highest BCUT2D eigenvalue weighted by atomic mass is 35.5. The molecule has 0 aromatic carbocycles. The predicted octanol–water partition coefficient (Wildman–Crippen LogP) is 2.16. The molecule has 18 heavy (non-hydrogen) atoms. The largest absolute Gasteiger partial charge is 0.411 e. The summed E-state index contributed by atoms with van der Waals surface area (Å²) in [5, 5.41) is 3.16. The van der Waals surface area contributed by atoms with Crippen molar-refractivity contribution in [1.29, 1.82) is 0 Å². The number of nitrogens with zero attached hydrogens (tertiary/aromatic N) is 1. The van der Waals surface area contributed by atoms with Gasteiger partial charge in [-0.25, -0.2) is 4.98 Å². The number of likely N-dealkylation sites (N-methyl/N-ethyl adjacent to an activating group) is 1. The molecule has 0 aliphatic rings. The van der Waals surface area contributed by atoms with Gasteiger partial charge in [0.05, 0.1) is 17.7 Å². The Hall–Kier alpha value is -1.05. The number of ether oxygens (including phenoxy) is 1. The molecule has 0 saturated carbocycles. The normalized spacial score (nSPS) is 13.6. The molecule has 102 valence electrons. The van der Waals surface area contributed by atoms with Crippen molar-refractivity contribution < 1.29 is 17.9 Å². The van der Waals surface area contributed by atoms with Crippen LogP contribution in [0.3, 0.4) is 0 Å². The molecule has 0 radical (unpaired) electrons. The van der Waals surface area contributed by atoms with Crippen LogP contribution in [0.4, 0.5) is 19.0 Å². The summed E-state index contributed by atoms with van der Waals surface area (Å²) in [4.78, 5) is 3.83. The van der Waals surface area contributed by atoms with E-state index in [1.165, 1.54) is 6.20 Å². The number of rotatable bonds is 5. The Morgan fingerprint density at radius 3 is 2.78 bits per heavy atom. The van der Waals surface area contributed by atoms with Crippen LogP contribution in [0.1, 0.15) is 11.6 Å². The third-order valence-electron chi connectivity index (χ3n) is 2.19. The molecule has 3 N–H and O–H groups in total. The average molecular weight is 284 g/mol. The maximum Gasteiger partial charge on any atom is 0.411 e. The first-order valence-corrected chi connectivity index (χ1v) is 5.44. The van der Waals surface area contributed by atoms with E-state index >= 15 is 0 Å². The molecule has 0 fully saturated rings. The van der Waals surface area contributed by atoms with E-state index < -0.39 is 18.8 Å². The fourth-order valence-electron chi connectivity index (χ4n) is 1.37. The van der Waals surface area contributed by atoms with Crippen molar-refractivity contribution in [1.82, 2.24) is 10.3 Å². The molecule has 1 unspecified atom stereocenters. The molecule has 0 bridgehead atoms. The van der Waals surface area contributed by atoms with E-state index in [9.17, 15) is 13.2 Å². The minimum absolute atomic E-state index is 0.178. The first-order valence-electron chi connectivity index (χ1n) is 5.06. The lowest BCUT2D eigenvalue weighted by Gasteiger charge is -2.18. The quantitative estimate of drug-likeness (QED) is 0.869. The predicted molar refractivity (Wildman–Crippen MR) is 62.3 cm³/mol. The smallest absolute Gasteiger partial charge is 0.383 e. The van der Waals surface area contributed by atoms with Gasteiger partial charge in [0.2, 0.25) is 0 Å². The van der Waals surface area contributed by atoms with Gasteiger partial charge in [0.25, 0.3) is 0 Å². The summed E-state index contributed by atoms with van der Waals surface area (Å²) in [6.45, 7) is -1.48. The number of nitrogen functional groups attached to an aromatic ring is 1. The second kappa shape index (κ2) is 6.21. The van der Waals surface area contributed by atoms with Crippen LogP contribution in [0.2, 0.25) is 5.02 Å². The highest BCUT2D eigenvalue weighted by molar-refractivity contribution is 6.30. The van der Waals surface area contributed by atoms with E-state index in [4.69, 9.17) is 17.3 Å². The van der Waals surface area contributed by atoms with Crippen LogP contribution in [0.25, 0.3) is 0 Å². The molecule has 1 rings (SSSR count). The molecule has 0 spiro atoms. The minimum atomic E-state index is -4.35. The van der Waals surface area contributed by atoms with Gasteiger partial charge in [0.1, 0.15) is 12.4 Å². The lowest BCUT2D eigenvalue weighted by Crippen LogP contribution is -2.26. The highest BCUT2D eigenvalue weighted by Crippen LogP contribution is 2.23. The van der Waals surface area contributed by atoms with E-state index in [1.807, 2.05) is 0 Å². The molecular formula is C10H13ClF3N3O. The van der Waals surface area contributed by atoms with E-state index in [0.29, 0.717) is 10.6 Å². The number of aromatic nitrogens is 1. The number of hydrogen-bond acceptors (Lipinski definition) is 4. The lowest BCUT2D eigenvalue weighted by molar-refractivity contribution is -0.175. The molecule has 0 aliphatic heterocycles.